The van der Waals surface area contributed by atoms with Crippen LogP contribution in [0.2, 0.25) is 0 Å². The van der Waals surface area contributed by atoms with Gasteiger partial charge in [-0.25, -0.2) is 4.98 Å². The lowest BCUT2D eigenvalue weighted by molar-refractivity contribution is -0.180. The third-order valence-electron chi connectivity index (χ3n) is 7.86. The van der Waals surface area contributed by atoms with E-state index < -0.39 is 5.60 Å². The molecule has 0 amide bonds. The van der Waals surface area contributed by atoms with E-state index in [0.717, 1.165) is 42.2 Å². The molecule has 1 saturated carbocycles. The van der Waals surface area contributed by atoms with Crippen molar-refractivity contribution in [3.05, 3.63) is 76.7 Å². The Morgan fingerprint density at radius 3 is 2.53 bits per heavy atom. The molecule has 8 heteroatoms. The van der Waals surface area contributed by atoms with Crippen LogP contribution in [0.4, 0.5) is 5.95 Å². The maximum Gasteiger partial charge on any atom is 0.252 e. The number of carbonyl (C=O) groups excluding carboxylic acids is 1. The number of hydrogen-bond donors (Lipinski definition) is 1. The number of benzene rings is 1. The van der Waals surface area contributed by atoms with Gasteiger partial charge in [-0.3, -0.25) is 14.2 Å². The minimum atomic E-state index is -0.401. The van der Waals surface area contributed by atoms with Crippen LogP contribution >= 0.6 is 0 Å². The number of fused-ring (bicyclic) bond motifs is 1. The van der Waals surface area contributed by atoms with Crippen LogP contribution in [0.15, 0.2) is 60.0 Å². The molecule has 0 radical (unpaired) electrons. The van der Waals surface area contributed by atoms with Crippen LogP contribution in [-0.4, -0.2) is 39.6 Å². The number of pyridine rings is 1. The van der Waals surface area contributed by atoms with E-state index in [-0.39, 0.29) is 35.4 Å². The number of ketones is 1. The van der Waals surface area contributed by atoms with Crippen molar-refractivity contribution in [3.8, 4) is 0 Å². The molecule has 3 aromatic rings. The van der Waals surface area contributed by atoms with Gasteiger partial charge in [-0.2, -0.15) is 4.98 Å². The summed E-state index contributed by atoms with van der Waals surface area (Å²) in [7, 11) is 0. The second-order valence-electron chi connectivity index (χ2n) is 10.7. The maximum absolute atomic E-state index is 12.4. The number of rotatable bonds is 9. The summed E-state index contributed by atoms with van der Waals surface area (Å²) in [5, 5.41) is 4.22. The maximum atomic E-state index is 12.4. The molecule has 1 aromatic carbocycles. The van der Waals surface area contributed by atoms with E-state index in [9.17, 15) is 9.59 Å². The predicted molar refractivity (Wildman–Crippen MR) is 147 cm³/mol. The molecule has 0 unspecified atom stereocenters. The summed E-state index contributed by atoms with van der Waals surface area (Å²) in [6.45, 7) is 10.9. The Labute approximate surface area is 223 Å². The molecule has 1 N–H and O–H groups in total. The number of ether oxygens (including phenoxy) is 2. The summed E-state index contributed by atoms with van der Waals surface area (Å²) < 4.78 is 14.0. The van der Waals surface area contributed by atoms with Crippen molar-refractivity contribution in [1.29, 1.82) is 0 Å². The van der Waals surface area contributed by atoms with Gasteiger partial charge in [0.1, 0.15) is 5.65 Å². The summed E-state index contributed by atoms with van der Waals surface area (Å²) in [5.74, 6) is 0.628. The van der Waals surface area contributed by atoms with Crippen molar-refractivity contribution in [1.82, 2.24) is 14.5 Å². The Balaban J connectivity index is 1.32. The second-order valence-corrected chi connectivity index (χ2v) is 10.7. The number of aromatic nitrogens is 3. The van der Waals surface area contributed by atoms with Crippen LogP contribution in [0.3, 0.4) is 0 Å². The van der Waals surface area contributed by atoms with Gasteiger partial charge in [0.2, 0.25) is 5.95 Å². The molecular weight excluding hydrogens is 480 g/mol. The quantitative estimate of drug-likeness (QED) is 0.395. The first-order valence-electron chi connectivity index (χ1n) is 13.5. The van der Waals surface area contributed by atoms with E-state index in [1.165, 1.54) is 6.08 Å². The molecule has 2 fully saturated rings. The number of allylic oxidation sites excluding steroid dienone is 1. The van der Waals surface area contributed by atoms with E-state index in [1.54, 1.807) is 22.9 Å². The third kappa shape index (κ3) is 5.15. The van der Waals surface area contributed by atoms with Crippen LogP contribution < -0.4 is 10.9 Å². The molecule has 8 nitrogen and oxygen atoms in total. The third-order valence-corrected chi connectivity index (χ3v) is 7.86. The number of nitrogens with zero attached hydrogens (tertiary/aromatic N) is 3. The lowest BCUT2D eigenvalue weighted by Gasteiger charge is -2.45. The van der Waals surface area contributed by atoms with Gasteiger partial charge >= 0.3 is 0 Å². The fraction of sp³-hybridized carbons (Fsp3) is 0.467. The van der Waals surface area contributed by atoms with E-state index in [0.29, 0.717) is 24.8 Å². The zero-order valence-electron chi connectivity index (χ0n) is 22.4. The number of nitrogens with one attached hydrogen (secondary N) is 1. The Bertz CT molecular complexity index is 1370. The lowest BCUT2D eigenvalue weighted by atomic mass is 9.77. The molecule has 38 heavy (non-hydrogen) atoms. The minimum absolute atomic E-state index is 0.00746. The molecule has 2 aromatic heterocycles. The molecule has 1 saturated heterocycles. The van der Waals surface area contributed by atoms with Gasteiger partial charge in [-0.15, -0.1) is 0 Å². The highest BCUT2D eigenvalue weighted by molar-refractivity contribution is 5.91. The molecule has 0 spiro atoms. The molecule has 2 aliphatic rings. The fourth-order valence-corrected chi connectivity index (χ4v) is 5.52. The topological polar surface area (TPSA) is 95.3 Å². The average molecular weight is 517 g/mol. The van der Waals surface area contributed by atoms with Crippen molar-refractivity contribution in [2.24, 2.45) is 5.92 Å². The first-order chi connectivity index (χ1) is 18.3. The van der Waals surface area contributed by atoms with Crippen LogP contribution in [0.1, 0.15) is 69.7 Å². The van der Waals surface area contributed by atoms with Gasteiger partial charge in [-0.1, -0.05) is 30.8 Å². The van der Waals surface area contributed by atoms with Crippen molar-refractivity contribution >= 4 is 22.8 Å². The first-order valence-corrected chi connectivity index (χ1v) is 13.5. The number of anilines is 1. The summed E-state index contributed by atoms with van der Waals surface area (Å²) in [6.07, 6.45) is 6.34. The molecule has 0 bridgehead atoms. The number of hydrogen-bond acceptors (Lipinski definition) is 7. The van der Waals surface area contributed by atoms with E-state index in [4.69, 9.17) is 9.47 Å². The normalized spacial score (nSPS) is 21.6. The monoisotopic (exact) mass is 516 g/mol. The highest BCUT2D eigenvalue weighted by Gasteiger charge is 2.43. The first kappa shape index (κ1) is 26.3. The van der Waals surface area contributed by atoms with Crippen LogP contribution in [-0.2, 0) is 19.9 Å². The second kappa shape index (κ2) is 10.8. The van der Waals surface area contributed by atoms with Crippen LogP contribution in [0.5, 0.6) is 0 Å². The van der Waals surface area contributed by atoms with Gasteiger partial charge in [0.25, 0.3) is 5.56 Å². The largest absolute Gasteiger partial charge is 0.381 e. The smallest absolute Gasteiger partial charge is 0.252 e. The van der Waals surface area contributed by atoms with Crippen LogP contribution in [0, 0.1) is 5.92 Å². The molecular formula is C30H36N4O4. The van der Waals surface area contributed by atoms with E-state index >= 15 is 0 Å². The summed E-state index contributed by atoms with van der Waals surface area (Å²) in [6, 6.07) is 11.8. The minimum Gasteiger partial charge on any atom is -0.381 e. The van der Waals surface area contributed by atoms with Crippen molar-refractivity contribution in [2.75, 3.05) is 18.5 Å². The van der Waals surface area contributed by atoms with Gasteiger partial charge in [0.15, 0.2) is 5.78 Å². The molecule has 1 aliphatic heterocycles. The highest BCUT2D eigenvalue weighted by atomic mass is 16.5. The van der Waals surface area contributed by atoms with Gasteiger partial charge in [-0.05, 0) is 56.9 Å². The van der Waals surface area contributed by atoms with Gasteiger partial charge in [0.05, 0.1) is 17.7 Å². The molecule has 3 heterocycles. The molecule has 1 atom stereocenters. The van der Waals surface area contributed by atoms with Crippen LogP contribution in [0.25, 0.3) is 11.0 Å². The van der Waals surface area contributed by atoms with Gasteiger partial charge in [0, 0.05) is 55.7 Å². The Morgan fingerprint density at radius 1 is 1.16 bits per heavy atom. The van der Waals surface area contributed by atoms with E-state index in [1.807, 2.05) is 13.8 Å². The number of carbonyl (C=O) groups is 1. The Morgan fingerprint density at radius 2 is 1.87 bits per heavy atom. The standard InChI is InChI=1S/C30H36N4O4/c1-5-26(35)23-16-25(17-23)38-30(12-14-37-15-13-30)24-9-6-21(7-10-24)20(4)32-29-31-18-22-8-11-27(36)34(19(2)3)28(22)33-29/h5-11,18-20,23,25H,1,12-17H2,2-4H3,(H,31,32,33)/t20-,23?,25?/m0/s1. The fourth-order valence-electron chi connectivity index (χ4n) is 5.52. The predicted octanol–water partition coefficient (Wildman–Crippen LogP) is 5.10. The lowest BCUT2D eigenvalue weighted by Crippen LogP contribution is -2.45. The Hall–Kier alpha value is -3.36. The molecule has 1 aliphatic carbocycles. The highest BCUT2D eigenvalue weighted by Crippen LogP contribution is 2.43. The average Bonchev–Trinajstić information content (AvgIpc) is 2.90. The molecule has 5 rings (SSSR count). The van der Waals surface area contributed by atoms with Crippen molar-refractivity contribution in [2.45, 2.75) is 70.2 Å². The van der Waals surface area contributed by atoms with Crippen molar-refractivity contribution < 1.29 is 14.3 Å². The summed E-state index contributed by atoms with van der Waals surface area (Å²) in [5.41, 5.74) is 2.38. The SMILES string of the molecule is C=CC(=O)C1CC(OC2(c3ccc([C@H](C)Nc4ncc5ccc(=O)n(C(C)C)c5n4)cc3)CCOCC2)C1. The summed E-state index contributed by atoms with van der Waals surface area (Å²) in [4.78, 5) is 33.5. The zero-order chi connectivity index (χ0) is 26.9. The van der Waals surface area contributed by atoms with Gasteiger partial charge < -0.3 is 14.8 Å². The van der Waals surface area contributed by atoms with Crippen molar-refractivity contribution in [3.63, 3.8) is 0 Å². The Kier molecular flexibility index (Phi) is 7.45. The van der Waals surface area contributed by atoms with E-state index in [2.05, 4.69) is 53.1 Å². The molecule has 200 valence electrons. The summed E-state index contributed by atoms with van der Waals surface area (Å²) >= 11 is 0. The zero-order valence-corrected chi connectivity index (χ0v) is 22.4.